The van der Waals surface area contributed by atoms with Gasteiger partial charge in [-0.15, -0.1) is 11.8 Å². The van der Waals surface area contributed by atoms with Gasteiger partial charge in [-0.3, -0.25) is 14.5 Å². The summed E-state index contributed by atoms with van der Waals surface area (Å²) in [4.78, 5) is 33.0. The number of aromatic nitrogens is 1. The number of piperidine rings is 1. The van der Waals surface area contributed by atoms with Gasteiger partial charge in [-0.05, 0) is 45.2 Å². The molecule has 1 aromatic heterocycles. The Kier molecular flexibility index (Phi) is 7.52. The van der Waals surface area contributed by atoms with Crippen LogP contribution >= 0.6 is 11.8 Å². The first-order chi connectivity index (χ1) is 15.5. The molecule has 2 fully saturated rings. The lowest BCUT2D eigenvalue weighted by Crippen LogP contribution is -2.53. The summed E-state index contributed by atoms with van der Waals surface area (Å²) in [6.45, 7) is 8.11. The first-order valence-corrected chi connectivity index (χ1v) is 12.4. The fourth-order valence-electron chi connectivity index (χ4n) is 4.43. The maximum Gasteiger partial charge on any atom is 0.255 e. The largest absolute Gasteiger partial charge is 0.360 e. The monoisotopic (exact) mass is 456 g/mol. The summed E-state index contributed by atoms with van der Waals surface area (Å²) >= 11 is 1.59. The summed E-state index contributed by atoms with van der Waals surface area (Å²) in [6, 6.07) is 10.00. The van der Waals surface area contributed by atoms with Gasteiger partial charge in [-0.25, -0.2) is 0 Å². The van der Waals surface area contributed by atoms with Crippen molar-refractivity contribution in [3.8, 4) is 0 Å². The van der Waals surface area contributed by atoms with Crippen molar-refractivity contribution in [3.63, 3.8) is 0 Å². The minimum atomic E-state index is 0.0532. The number of benzene rings is 1. The molecule has 0 N–H and O–H groups in total. The molecule has 0 bridgehead atoms. The molecule has 3 heterocycles. The Morgan fingerprint density at radius 3 is 2.62 bits per heavy atom. The summed E-state index contributed by atoms with van der Waals surface area (Å²) in [7, 11) is 0. The molecule has 32 heavy (non-hydrogen) atoms. The Morgan fingerprint density at radius 2 is 1.91 bits per heavy atom. The number of carbonyl (C=O) groups is 2. The van der Waals surface area contributed by atoms with Crippen LogP contribution in [-0.2, 0) is 10.5 Å². The second-order valence-electron chi connectivity index (χ2n) is 8.72. The van der Waals surface area contributed by atoms with Gasteiger partial charge in [0.2, 0.25) is 5.91 Å². The van der Waals surface area contributed by atoms with E-state index in [9.17, 15) is 9.59 Å². The molecule has 1 unspecified atom stereocenters. The third-order valence-corrected chi connectivity index (χ3v) is 7.40. The molecule has 1 aromatic carbocycles. The number of rotatable bonds is 6. The van der Waals surface area contributed by atoms with Gasteiger partial charge in [0, 0.05) is 49.7 Å². The van der Waals surface area contributed by atoms with Crippen LogP contribution in [0.25, 0.3) is 0 Å². The number of hydrogen-bond donors (Lipinski definition) is 0. The van der Waals surface area contributed by atoms with Crippen molar-refractivity contribution in [2.24, 2.45) is 0 Å². The van der Waals surface area contributed by atoms with Gasteiger partial charge in [0.1, 0.15) is 5.76 Å². The van der Waals surface area contributed by atoms with E-state index in [1.807, 2.05) is 47.1 Å². The maximum atomic E-state index is 13.2. The smallest absolute Gasteiger partial charge is 0.255 e. The van der Waals surface area contributed by atoms with Crippen LogP contribution in [0.15, 0.2) is 39.8 Å². The van der Waals surface area contributed by atoms with E-state index >= 15 is 0 Å². The lowest BCUT2D eigenvalue weighted by molar-refractivity contribution is -0.136. The molecule has 0 aliphatic carbocycles. The van der Waals surface area contributed by atoms with Crippen molar-refractivity contribution >= 4 is 23.6 Å². The lowest BCUT2D eigenvalue weighted by Gasteiger charge is -2.38. The van der Waals surface area contributed by atoms with Crippen molar-refractivity contribution in [1.82, 2.24) is 19.9 Å². The van der Waals surface area contributed by atoms with E-state index in [2.05, 4.69) is 17.0 Å². The first kappa shape index (κ1) is 22.9. The van der Waals surface area contributed by atoms with E-state index in [4.69, 9.17) is 4.52 Å². The average molecular weight is 457 g/mol. The van der Waals surface area contributed by atoms with Crippen molar-refractivity contribution in [1.29, 1.82) is 0 Å². The number of hydrogen-bond acceptors (Lipinski definition) is 6. The molecule has 2 aliphatic heterocycles. The predicted octanol–water partition coefficient (Wildman–Crippen LogP) is 3.43. The van der Waals surface area contributed by atoms with Crippen LogP contribution in [0.5, 0.6) is 0 Å². The molecule has 0 radical (unpaired) electrons. The van der Waals surface area contributed by atoms with Crippen molar-refractivity contribution in [2.45, 2.75) is 49.8 Å². The second-order valence-corrected chi connectivity index (χ2v) is 9.74. The Bertz CT molecular complexity index is 939. The number of aryl methyl sites for hydroxylation is 1. The van der Waals surface area contributed by atoms with Crippen molar-refractivity contribution in [2.75, 3.05) is 39.3 Å². The van der Waals surface area contributed by atoms with Gasteiger partial charge in [-0.1, -0.05) is 17.3 Å². The minimum absolute atomic E-state index is 0.0532. The molecule has 0 saturated carbocycles. The highest BCUT2D eigenvalue weighted by Crippen LogP contribution is 2.28. The maximum absolute atomic E-state index is 13.2. The Morgan fingerprint density at radius 1 is 1.12 bits per heavy atom. The zero-order chi connectivity index (χ0) is 22.5. The molecule has 4 rings (SSSR count). The molecule has 2 aromatic rings. The number of nitrogens with zero attached hydrogens (tertiary/aromatic N) is 4. The van der Waals surface area contributed by atoms with Crippen LogP contribution < -0.4 is 0 Å². The summed E-state index contributed by atoms with van der Waals surface area (Å²) in [5.74, 6) is 1.71. The Hall–Kier alpha value is -2.32. The highest BCUT2D eigenvalue weighted by Gasteiger charge is 2.28. The molecule has 1 atom stereocenters. The van der Waals surface area contributed by atoms with Crippen LogP contribution in [0.1, 0.15) is 48.0 Å². The van der Waals surface area contributed by atoms with E-state index in [0.29, 0.717) is 31.4 Å². The van der Waals surface area contributed by atoms with Gasteiger partial charge in [-0.2, -0.15) is 0 Å². The van der Waals surface area contributed by atoms with Crippen LogP contribution in [-0.4, -0.2) is 77.0 Å². The van der Waals surface area contributed by atoms with Gasteiger partial charge in [0.25, 0.3) is 5.91 Å². The number of carbonyl (C=O) groups excluding carboxylic acids is 2. The van der Waals surface area contributed by atoms with Gasteiger partial charge in [0.15, 0.2) is 0 Å². The number of likely N-dealkylation sites (tertiary alicyclic amines) is 1. The highest BCUT2D eigenvalue weighted by atomic mass is 32.2. The van der Waals surface area contributed by atoms with Gasteiger partial charge >= 0.3 is 0 Å². The zero-order valence-corrected chi connectivity index (χ0v) is 19.8. The van der Waals surface area contributed by atoms with Crippen LogP contribution in [0, 0.1) is 6.92 Å². The SMILES string of the molecule is Cc1cc(CSc2ccccc2C(=O)N2CCN(CC(=O)N3CCCCC3C)CC2)on1. The molecular formula is C24H32N4O3S. The summed E-state index contributed by atoms with van der Waals surface area (Å²) in [5, 5.41) is 3.93. The molecular weight excluding hydrogens is 424 g/mol. The predicted molar refractivity (Wildman–Crippen MR) is 125 cm³/mol. The van der Waals surface area contributed by atoms with Crippen molar-refractivity contribution in [3.05, 3.63) is 47.3 Å². The topological polar surface area (TPSA) is 69.9 Å². The van der Waals surface area contributed by atoms with E-state index in [-0.39, 0.29) is 11.8 Å². The number of piperazine rings is 1. The Labute approximate surface area is 194 Å². The standard InChI is InChI=1S/C24H32N4O3S/c1-18-15-20(31-25-18)17-32-22-9-4-3-8-21(22)24(30)27-13-11-26(12-14-27)16-23(29)28-10-6-5-7-19(28)2/h3-4,8-9,15,19H,5-7,10-14,16-17H2,1-2H3. The molecule has 8 heteroatoms. The molecule has 2 amide bonds. The second kappa shape index (κ2) is 10.5. The van der Waals surface area contributed by atoms with Gasteiger partial charge < -0.3 is 14.3 Å². The first-order valence-electron chi connectivity index (χ1n) is 11.5. The normalized spacial score (nSPS) is 19.9. The summed E-state index contributed by atoms with van der Waals surface area (Å²) < 4.78 is 5.29. The molecule has 7 nitrogen and oxygen atoms in total. The fourth-order valence-corrected chi connectivity index (χ4v) is 5.35. The minimum Gasteiger partial charge on any atom is -0.360 e. The van der Waals surface area contributed by atoms with E-state index in [0.717, 1.165) is 54.4 Å². The molecule has 0 spiro atoms. The molecule has 2 aliphatic rings. The Balaban J connectivity index is 1.31. The van der Waals surface area contributed by atoms with Crippen molar-refractivity contribution < 1.29 is 14.1 Å². The van der Waals surface area contributed by atoms with Crippen LogP contribution in [0.3, 0.4) is 0 Å². The van der Waals surface area contributed by atoms with E-state index < -0.39 is 0 Å². The molecule has 2 saturated heterocycles. The summed E-state index contributed by atoms with van der Waals surface area (Å²) in [5.41, 5.74) is 1.58. The van der Waals surface area contributed by atoms with E-state index in [1.54, 1.807) is 11.8 Å². The third kappa shape index (κ3) is 5.53. The quantitative estimate of drug-likeness (QED) is 0.621. The van der Waals surface area contributed by atoms with Crippen LogP contribution in [0.2, 0.25) is 0 Å². The fraction of sp³-hybridized carbons (Fsp3) is 0.542. The van der Waals surface area contributed by atoms with Gasteiger partial charge in [0.05, 0.1) is 23.6 Å². The van der Waals surface area contributed by atoms with Crippen LogP contribution in [0.4, 0.5) is 0 Å². The molecule has 172 valence electrons. The zero-order valence-electron chi connectivity index (χ0n) is 19.0. The lowest BCUT2D eigenvalue weighted by atomic mass is 10.0. The van der Waals surface area contributed by atoms with E-state index in [1.165, 1.54) is 6.42 Å². The summed E-state index contributed by atoms with van der Waals surface area (Å²) in [6.07, 6.45) is 3.41. The third-order valence-electron chi connectivity index (χ3n) is 6.31. The number of amides is 2. The number of thioether (sulfide) groups is 1. The highest BCUT2D eigenvalue weighted by molar-refractivity contribution is 7.98. The average Bonchev–Trinajstić information content (AvgIpc) is 3.23.